The molecule has 0 heterocycles. The zero-order chi connectivity index (χ0) is 10.7. The highest BCUT2D eigenvalue weighted by Crippen LogP contribution is 2.23. The Balaban J connectivity index is 2.40. The first kappa shape index (κ1) is 9.78. The fourth-order valence-electron chi connectivity index (χ4n) is 1.47. The number of ether oxygens (including phenoxy) is 1. The average molecular weight is 197 g/mol. The van der Waals surface area contributed by atoms with E-state index in [0.29, 0.717) is 0 Å². The van der Waals surface area contributed by atoms with Crippen molar-refractivity contribution in [2.75, 3.05) is 7.11 Å². The number of hydrogen-bond donors (Lipinski definition) is 0. The van der Waals surface area contributed by atoms with Gasteiger partial charge in [0.05, 0.1) is 7.11 Å². The third-order valence-electron chi connectivity index (χ3n) is 2.37. The van der Waals surface area contributed by atoms with Gasteiger partial charge in [-0.25, -0.2) is 0 Å². The standard InChI is InChI=1S/C14H13O/c1-11-6-8-12(9-7-11)13-4-3-5-14(10-13)15-2/h3,5-10H,1-2H3. The van der Waals surface area contributed by atoms with Crippen molar-refractivity contribution in [3.63, 3.8) is 0 Å². The molecule has 0 amide bonds. The Bertz CT molecular complexity index is 443. The largest absolute Gasteiger partial charge is 0.497 e. The first-order valence-corrected chi connectivity index (χ1v) is 4.92. The molecule has 0 N–H and O–H groups in total. The van der Waals surface area contributed by atoms with E-state index in [4.69, 9.17) is 4.74 Å². The molecule has 0 spiro atoms. The van der Waals surface area contributed by atoms with Crippen molar-refractivity contribution in [3.05, 3.63) is 54.1 Å². The molecule has 0 fully saturated rings. The Morgan fingerprint density at radius 2 is 1.80 bits per heavy atom. The lowest BCUT2D eigenvalue weighted by molar-refractivity contribution is 0.415. The molecule has 2 rings (SSSR count). The molecule has 0 aliphatic rings. The van der Waals surface area contributed by atoms with E-state index in [0.717, 1.165) is 11.3 Å². The first-order chi connectivity index (χ1) is 7.29. The smallest absolute Gasteiger partial charge is 0.119 e. The molecule has 1 radical (unpaired) electrons. The number of hydrogen-bond acceptors (Lipinski definition) is 1. The summed E-state index contributed by atoms with van der Waals surface area (Å²) in [4.78, 5) is 0. The van der Waals surface area contributed by atoms with Crippen LogP contribution in [0.15, 0.2) is 42.5 Å². The van der Waals surface area contributed by atoms with Gasteiger partial charge in [0.1, 0.15) is 5.75 Å². The molecule has 0 aliphatic carbocycles. The highest BCUT2D eigenvalue weighted by Gasteiger charge is 1.98. The average Bonchev–Trinajstić information content (AvgIpc) is 2.30. The van der Waals surface area contributed by atoms with Gasteiger partial charge in [0.15, 0.2) is 0 Å². The second-order valence-corrected chi connectivity index (χ2v) is 3.51. The van der Waals surface area contributed by atoms with Crippen LogP contribution in [0, 0.1) is 13.0 Å². The molecular formula is C14H13O. The summed E-state index contributed by atoms with van der Waals surface area (Å²) in [6.45, 7) is 2.08. The van der Waals surface area contributed by atoms with Crippen LogP contribution in [-0.4, -0.2) is 7.11 Å². The second kappa shape index (κ2) is 4.18. The Morgan fingerprint density at radius 3 is 2.47 bits per heavy atom. The molecule has 1 heteroatoms. The molecule has 0 saturated heterocycles. The lowest BCUT2D eigenvalue weighted by atomic mass is 10.0. The van der Waals surface area contributed by atoms with Gasteiger partial charge in [-0.15, -0.1) is 0 Å². The molecule has 0 aromatic heterocycles. The molecule has 0 unspecified atom stereocenters. The van der Waals surface area contributed by atoms with E-state index in [1.807, 2.05) is 18.2 Å². The summed E-state index contributed by atoms with van der Waals surface area (Å²) in [7, 11) is 1.67. The monoisotopic (exact) mass is 197 g/mol. The van der Waals surface area contributed by atoms with E-state index in [1.54, 1.807) is 7.11 Å². The van der Waals surface area contributed by atoms with Crippen LogP contribution in [0.3, 0.4) is 0 Å². The molecule has 15 heavy (non-hydrogen) atoms. The molecule has 1 nitrogen and oxygen atoms in total. The van der Waals surface area contributed by atoms with Gasteiger partial charge < -0.3 is 4.74 Å². The van der Waals surface area contributed by atoms with Gasteiger partial charge in [-0.2, -0.15) is 0 Å². The number of methoxy groups -OCH3 is 1. The summed E-state index contributed by atoms with van der Waals surface area (Å²) in [5, 5.41) is 0. The van der Waals surface area contributed by atoms with Crippen molar-refractivity contribution in [2.45, 2.75) is 6.92 Å². The van der Waals surface area contributed by atoms with Crippen LogP contribution in [-0.2, 0) is 0 Å². The zero-order valence-electron chi connectivity index (χ0n) is 8.95. The molecule has 2 aromatic carbocycles. The Hall–Kier alpha value is -1.76. The minimum absolute atomic E-state index is 0.865. The van der Waals surface area contributed by atoms with Gasteiger partial charge in [0.25, 0.3) is 0 Å². The Kier molecular flexibility index (Phi) is 2.72. The normalized spacial score (nSPS) is 10.0. The van der Waals surface area contributed by atoms with Crippen LogP contribution < -0.4 is 4.74 Å². The van der Waals surface area contributed by atoms with Crippen molar-refractivity contribution in [2.24, 2.45) is 0 Å². The van der Waals surface area contributed by atoms with Crippen LogP contribution in [0.1, 0.15) is 5.56 Å². The Labute approximate surface area is 90.3 Å². The van der Waals surface area contributed by atoms with Crippen molar-refractivity contribution in [1.29, 1.82) is 0 Å². The number of aryl methyl sites for hydroxylation is 1. The molecule has 0 bridgehead atoms. The predicted molar refractivity (Wildman–Crippen MR) is 62.0 cm³/mol. The lowest BCUT2D eigenvalue weighted by Crippen LogP contribution is -1.84. The van der Waals surface area contributed by atoms with Crippen LogP contribution in [0.5, 0.6) is 5.75 Å². The maximum absolute atomic E-state index is 5.18. The van der Waals surface area contributed by atoms with Gasteiger partial charge >= 0.3 is 0 Å². The first-order valence-electron chi connectivity index (χ1n) is 4.92. The highest BCUT2D eigenvalue weighted by molar-refractivity contribution is 5.64. The number of benzene rings is 2. The topological polar surface area (TPSA) is 9.23 Å². The Morgan fingerprint density at radius 1 is 1.07 bits per heavy atom. The lowest BCUT2D eigenvalue weighted by Gasteiger charge is -2.04. The van der Waals surface area contributed by atoms with Crippen LogP contribution in [0.25, 0.3) is 11.1 Å². The maximum Gasteiger partial charge on any atom is 0.119 e. The fraction of sp³-hybridized carbons (Fsp3) is 0.143. The van der Waals surface area contributed by atoms with Crippen LogP contribution in [0.2, 0.25) is 0 Å². The SMILES string of the molecule is COc1cc[c]c(-c2ccc(C)cc2)c1. The summed E-state index contributed by atoms with van der Waals surface area (Å²) in [6, 6.07) is 17.4. The summed E-state index contributed by atoms with van der Waals surface area (Å²) in [6.07, 6.45) is 0. The quantitative estimate of drug-likeness (QED) is 0.716. The summed E-state index contributed by atoms with van der Waals surface area (Å²) in [5.74, 6) is 0.865. The fourth-order valence-corrected chi connectivity index (χ4v) is 1.47. The van der Waals surface area contributed by atoms with Gasteiger partial charge in [-0.3, -0.25) is 0 Å². The van der Waals surface area contributed by atoms with Gasteiger partial charge in [-0.1, -0.05) is 35.9 Å². The van der Waals surface area contributed by atoms with E-state index in [-0.39, 0.29) is 0 Å². The van der Waals surface area contributed by atoms with E-state index >= 15 is 0 Å². The van der Waals surface area contributed by atoms with E-state index in [9.17, 15) is 0 Å². The molecular weight excluding hydrogens is 184 g/mol. The van der Waals surface area contributed by atoms with E-state index in [2.05, 4.69) is 37.3 Å². The van der Waals surface area contributed by atoms with Crippen molar-refractivity contribution in [1.82, 2.24) is 0 Å². The zero-order valence-corrected chi connectivity index (χ0v) is 8.95. The summed E-state index contributed by atoms with van der Waals surface area (Å²) in [5.41, 5.74) is 3.50. The molecule has 0 aliphatic heterocycles. The maximum atomic E-state index is 5.18. The third kappa shape index (κ3) is 2.18. The van der Waals surface area contributed by atoms with E-state index in [1.165, 1.54) is 11.1 Å². The van der Waals surface area contributed by atoms with Crippen LogP contribution in [0.4, 0.5) is 0 Å². The second-order valence-electron chi connectivity index (χ2n) is 3.51. The molecule has 0 atom stereocenters. The molecule has 75 valence electrons. The predicted octanol–water partition coefficient (Wildman–Crippen LogP) is 3.47. The van der Waals surface area contributed by atoms with Crippen molar-refractivity contribution in [3.8, 4) is 16.9 Å². The third-order valence-corrected chi connectivity index (χ3v) is 2.37. The molecule has 2 aromatic rings. The van der Waals surface area contributed by atoms with Gasteiger partial charge in [0, 0.05) is 0 Å². The van der Waals surface area contributed by atoms with Gasteiger partial charge in [0.2, 0.25) is 0 Å². The minimum Gasteiger partial charge on any atom is -0.497 e. The van der Waals surface area contributed by atoms with E-state index < -0.39 is 0 Å². The van der Waals surface area contributed by atoms with Gasteiger partial charge in [-0.05, 0) is 36.2 Å². The summed E-state index contributed by atoms with van der Waals surface area (Å²) < 4.78 is 5.18. The summed E-state index contributed by atoms with van der Waals surface area (Å²) >= 11 is 0. The highest BCUT2D eigenvalue weighted by atomic mass is 16.5. The van der Waals surface area contributed by atoms with Crippen LogP contribution >= 0.6 is 0 Å². The van der Waals surface area contributed by atoms with Crippen molar-refractivity contribution >= 4 is 0 Å². The molecule has 0 saturated carbocycles. The number of rotatable bonds is 2. The van der Waals surface area contributed by atoms with Crippen molar-refractivity contribution < 1.29 is 4.74 Å². The minimum atomic E-state index is 0.865.